The number of amides is 1. The Morgan fingerprint density at radius 3 is 2.20 bits per heavy atom. The molecular formula is C27H27BrN2O4S. The molecule has 8 heteroatoms. The Bertz CT molecular complexity index is 1280. The van der Waals surface area contributed by atoms with Gasteiger partial charge in [-0.3, -0.25) is 9.69 Å². The fourth-order valence-electron chi connectivity index (χ4n) is 3.66. The number of benzene rings is 3. The van der Waals surface area contributed by atoms with Crippen molar-refractivity contribution in [3.05, 3.63) is 76.3 Å². The highest BCUT2D eigenvalue weighted by Crippen LogP contribution is 2.40. The first kappa shape index (κ1) is 25.0. The number of fused-ring (bicyclic) bond motifs is 1. The zero-order valence-electron chi connectivity index (χ0n) is 19.9. The van der Waals surface area contributed by atoms with E-state index >= 15 is 0 Å². The van der Waals surface area contributed by atoms with E-state index in [0.29, 0.717) is 54.3 Å². The first-order valence-electron chi connectivity index (χ1n) is 11.5. The zero-order valence-corrected chi connectivity index (χ0v) is 22.3. The molecule has 3 aromatic carbocycles. The number of hydrogen-bond donors (Lipinski definition) is 0. The predicted molar refractivity (Wildman–Crippen MR) is 144 cm³/mol. The maximum absolute atomic E-state index is 14.0. The third-order valence-corrected chi connectivity index (χ3v) is 6.69. The number of ether oxygens (including phenoxy) is 3. The van der Waals surface area contributed by atoms with Crippen LogP contribution < -0.4 is 19.1 Å². The number of nitrogens with zero attached hydrogens (tertiary/aromatic N) is 2. The van der Waals surface area contributed by atoms with Crippen LogP contribution in [0, 0.1) is 0 Å². The molecule has 6 nitrogen and oxygen atoms in total. The number of halogens is 1. The molecule has 0 unspecified atom stereocenters. The number of hydrogen-bond acceptors (Lipinski definition) is 6. The van der Waals surface area contributed by atoms with E-state index in [9.17, 15) is 4.79 Å². The third kappa shape index (κ3) is 5.77. The summed E-state index contributed by atoms with van der Waals surface area (Å²) in [6.07, 6.45) is 0. The Morgan fingerprint density at radius 2 is 1.57 bits per heavy atom. The van der Waals surface area contributed by atoms with Crippen LogP contribution >= 0.6 is 27.3 Å². The first-order valence-corrected chi connectivity index (χ1v) is 13.1. The van der Waals surface area contributed by atoms with E-state index < -0.39 is 0 Å². The lowest BCUT2D eigenvalue weighted by Crippen LogP contribution is -2.30. The van der Waals surface area contributed by atoms with Crippen molar-refractivity contribution < 1.29 is 19.0 Å². The summed E-state index contributed by atoms with van der Waals surface area (Å²) in [6.45, 7) is 7.39. The molecule has 1 amide bonds. The zero-order chi connectivity index (χ0) is 24.8. The predicted octanol–water partition coefficient (Wildman–Crippen LogP) is 7.10. The van der Waals surface area contributed by atoms with Gasteiger partial charge in [-0.05, 0) is 56.7 Å². The van der Waals surface area contributed by atoms with Crippen molar-refractivity contribution in [3.8, 4) is 17.2 Å². The van der Waals surface area contributed by atoms with Gasteiger partial charge in [-0.2, -0.15) is 0 Å². The average molecular weight is 555 g/mol. The molecule has 4 aromatic rings. The molecule has 0 spiro atoms. The summed E-state index contributed by atoms with van der Waals surface area (Å²) in [5, 5.41) is 0.622. The monoisotopic (exact) mass is 554 g/mol. The van der Waals surface area contributed by atoms with Gasteiger partial charge in [-0.1, -0.05) is 57.6 Å². The van der Waals surface area contributed by atoms with Gasteiger partial charge in [0.15, 0.2) is 16.6 Å². The Balaban J connectivity index is 1.81. The molecule has 0 aliphatic heterocycles. The third-order valence-electron chi connectivity index (χ3n) is 5.15. The smallest absolute Gasteiger partial charge is 0.260 e. The normalized spacial score (nSPS) is 10.9. The number of carbonyl (C=O) groups excluding carboxylic acids is 1. The summed E-state index contributed by atoms with van der Waals surface area (Å²) >= 11 is 5.00. The largest absolute Gasteiger partial charge is 0.490 e. The molecule has 0 N–H and O–H groups in total. The fourth-order valence-corrected chi connectivity index (χ4v) is 5.18. The van der Waals surface area contributed by atoms with Crippen LogP contribution in [0.2, 0.25) is 0 Å². The average Bonchev–Trinajstić information content (AvgIpc) is 3.27. The van der Waals surface area contributed by atoms with Crippen molar-refractivity contribution in [2.45, 2.75) is 27.3 Å². The van der Waals surface area contributed by atoms with Crippen LogP contribution in [0.1, 0.15) is 36.7 Å². The van der Waals surface area contributed by atoms with Crippen LogP contribution in [0.4, 0.5) is 5.13 Å². The van der Waals surface area contributed by atoms with Crippen LogP contribution in [0.3, 0.4) is 0 Å². The maximum atomic E-state index is 14.0. The highest BCUT2D eigenvalue weighted by Gasteiger charge is 2.25. The number of thiazole rings is 1. The van der Waals surface area contributed by atoms with Gasteiger partial charge in [0.1, 0.15) is 0 Å². The minimum Gasteiger partial charge on any atom is -0.490 e. The van der Waals surface area contributed by atoms with Crippen molar-refractivity contribution in [1.29, 1.82) is 0 Å². The lowest BCUT2D eigenvalue weighted by atomic mass is 10.1. The highest BCUT2D eigenvalue weighted by molar-refractivity contribution is 9.10. The summed E-state index contributed by atoms with van der Waals surface area (Å²) in [6, 6.07) is 19.2. The molecule has 0 saturated carbocycles. The summed E-state index contributed by atoms with van der Waals surface area (Å²) in [5.74, 6) is 1.28. The molecule has 35 heavy (non-hydrogen) atoms. The van der Waals surface area contributed by atoms with Gasteiger partial charge in [0.05, 0.1) is 36.6 Å². The van der Waals surface area contributed by atoms with E-state index in [4.69, 9.17) is 19.2 Å². The molecule has 4 rings (SSSR count). The van der Waals surface area contributed by atoms with Gasteiger partial charge in [0.25, 0.3) is 5.91 Å². The molecule has 0 fully saturated rings. The van der Waals surface area contributed by atoms with E-state index in [0.717, 1.165) is 20.3 Å². The number of rotatable bonds is 10. The molecular weight excluding hydrogens is 528 g/mol. The van der Waals surface area contributed by atoms with E-state index in [1.807, 2.05) is 69.3 Å². The van der Waals surface area contributed by atoms with E-state index in [2.05, 4.69) is 15.9 Å². The van der Waals surface area contributed by atoms with Gasteiger partial charge in [-0.25, -0.2) is 4.98 Å². The summed E-state index contributed by atoms with van der Waals surface area (Å²) in [4.78, 5) is 20.5. The van der Waals surface area contributed by atoms with Crippen LogP contribution in [-0.4, -0.2) is 30.7 Å². The standard InChI is InChI=1S/C27H27BrN2O4S/c1-4-32-22-14-19(15-23(33-5-2)25(22)34-6-3)26(31)30(17-18-10-8-7-9-11-18)27-29-21-13-12-20(28)16-24(21)35-27/h7-16H,4-6,17H2,1-3H3. The first-order chi connectivity index (χ1) is 17.0. The van der Waals surface area contributed by atoms with Gasteiger partial charge in [-0.15, -0.1) is 0 Å². The van der Waals surface area contributed by atoms with Gasteiger partial charge in [0, 0.05) is 10.0 Å². The van der Waals surface area contributed by atoms with Crippen molar-refractivity contribution in [2.24, 2.45) is 0 Å². The molecule has 0 aliphatic carbocycles. The Kier molecular flexibility index (Phi) is 8.25. The minimum atomic E-state index is -0.197. The van der Waals surface area contributed by atoms with Crippen molar-refractivity contribution in [1.82, 2.24) is 4.98 Å². The molecule has 0 radical (unpaired) electrons. The second-order valence-electron chi connectivity index (χ2n) is 7.59. The number of aromatic nitrogens is 1. The maximum Gasteiger partial charge on any atom is 0.260 e. The highest BCUT2D eigenvalue weighted by atomic mass is 79.9. The Morgan fingerprint density at radius 1 is 0.914 bits per heavy atom. The summed E-state index contributed by atoms with van der Waals surface area (Å²) in [7, 11) is 0. The van der Waals surface area contributed by atoms with E-state index in [1.54, 1.807) is 17.0 Å². The Labute approximate surface area is 217 Å². The summed E-state index contributed by atoms with van der Waals surface area (Å²) < 4.78 is 19.5. The van der Waals surface area contributed by atoms with Crippen molar-refractivity contribution >= 4 is 48.5 Å². The SMILES string of the molecule is CCOc1cc(C(=O)N(Cc2ccccc2)c2nc3ccc(Br)cc3s2)cc(OCC)c1OCC. The minimum absolute atomic E-state index is 0.197. The van der Waals surface area contributed by atoms with Crippen molar-refractivity contribution in [3.63, 3.8) is 0 Å². The van der Waals surface area contributed by atoms with Gasteiger partial charge >= 0.3 is 0 Å². The second kappa shape index (κ2) is 11.6. The van der Waals surface area contributed by atoms with E-state index in [1.165, 1.54) is 11.3 Å². The second-order valence-corrected chi connectivity index (χ2v) is 9.51. The van der Waals surface area contributed by atoms with Crippen LogP contribution in [-0.2, 0) is 6.54 Å². The molecule has 0 aliphatic rings. The van der Waals surface area contributed by atoms with Crippen LogP contribution in [0.5, 0.6) is 17.2 Å². The fraction of sp³-hybridized carbons (Fsp3) is 0.259. The van der Waals surface area contributed by atoms with E-state index in [-0.39, 0.29) is 5.91 Å². The lowest BCUT2D eigenvalue weighted by molar-refractivity contribution is 0.0984. The van der Waals surface area contributed by atoms with Crippen LogP contribution in [0.15, 0.2) is 65.1 Å². The molecule has 1 aromatic heterocycles. The molecule has 182 valence electrons. The van der Waals surface area contributed by atoms with Gasteiger partial charge in [0.2, 0.25) is 5.75 Å². The molecule has 0 atom stereocenters. The summed E-state index contributed by atoms with van der Waals surface area (Å²) in [5.41, 5.74) is 2.29. The Hall–Kier alpha value is -3.10. The number of carbonyl (C=O) groups is 1. The number of anilines is 1. The van der Waals surface area contributed by atoms with Crippen molar-refractivity contribution in [2.75, 3.05) is 24.7 Å². The molecule has 0 bridgehead atoms. The molecule has 0 saturated heterocycles. The molecule has 1 heterocycles. The van der Waals surface area contributed by atoms with Crippen LogP contribution in [0.25, 0.3) is 10.2 Å². The van der Waals surface area contributed by atoms with Gasteiger partial charge < -0.3 is 14.2 Å². The quantitative estimate of drug-likeness (QED) is 0.209. The lowest BCUT2D eigenvalue weighted by Gasteiger charge is -2.22. The topological polar surface area (TPSA) is 60.9 Å².